The Morgan fingerprint density at radius 1 is 1.22 bits per heavy atom. The van der Waals surface area contributed by atoms with Crippen LogP contribution in [0, 0.1) is 5.92 Å². The first-order valence-electron chi connectivity index (χ1n) is 6.43. The number of nitrogens with one attached hydrogen (secondary N) is 1. The highest BCUT2D eigenvalue weighted by atomic mass is 79.9. The highest BCUT2D eigenvalue weighted by Crippen LogP contribution is 2.28. The summed E-state index contributed by atoms with van der Waals surface area (Å²) in [5.74, 6) is 0.276. The minimum Gasteiger partial charge on any atom is -0.325 e. The van der Waals surface area contributed by atoms with Gasteiger partial charge in [-0.2, -0.15) is 0 Å². The average Bonchev–Trinajstić information content (AvgIpc) is 2.62. The second-order valence-corrected chi connectivity index (χ2v) is 6.09. The number of carbonyl (C=O) groups is 1. The molecular weight excluding hydrogens is 314 g/mol. The van der Waals surface area contributed by atoms with Crippen molar-refractivity contribution >= 4 is 39.1 Å². The molecule has 0 spiro atoms. The minimum atomic E-state index is 0.125. The van der Waals surface area contributed by atoms with Crippen molar-refractivity contribution in [3.05, 3.63) is 27.7 Å². The average molecular weight is 331 g/mol. The largest absolute Gasteiger partial charge is 0.325 e. The Hall–Kier alpha value is -0.540. The molecule has 2 nitrogen and oxygen atoms in total. The summed E-state index contributed by atoms with van der Waals surface area (Å²) in [6, 6.07) is 5.43. The van der Waals surface area contributed by atoms with Gasteiger partial charge in [-0.25, -0.2) is 0 Å². The molecule has 0 saturated heterocycles. The van der Waals surface area contributed by atoms with Gasteiger partial charge < -0.3 is 5.32 Å². The van der Waals surface area contributed by atoms with Crippen LogP contribution in [0.15, 0.2) is 22.7 Å². The van der Waals surface area contributed by atoms with Gasteiger partial charge in [-0.1, -0.05) is 37.3 Å². The molecule has 1 saturated carbocycles. The van der Waals surface area contributed by atoms with Crippen LogP contribution in [0.3, 0.4) is 0 Å². The molecule has 1 aromatic carbocycles. The molecule has 0 bridgehead atoms. The van der Waals surface area contributed by atoms with Crippen LogP contribution < -0.4 is 5.32 Å². The molecule has 0 unspecified atom stereocenters. The third-order valence-corrected chi connectivity index (χ3v) is 4.34. The smallest absolute Gasteiger partial charge is 0.227 e. The summed E-state index contributed by atoms with van der Waals surface area (Å²) in [5.41, 5.74) is 0.761. The van der Waals surface area contributed by atoms with Gasteiger partial charge in [-0.15, -0.1) is 0 Å². The van der Waals surface area contributed by atoms with Crippen molar-refractivity contribution in [2.75, 3.05) is 5.32 Å². The highest BCUT2D eigenvalue weighted by molar-refractivity contribution is 9.10. The van der Waals surface area contributed by atoms with Crippen molar-refractivity contribution in [1.82, 2.24) is 0 Å². The van der Waals surface area contributed by atoms with Gasteiger partial charge in [0.2, 0.25) is 5.91 Å². The molecule has 1 aromatic rings. The van der Waals surface area contributed by atoms with E-state index in [1.54, 1.807) is 12.1 Å². The van der Waals surface area contributed by atoms with E-state index < -0.39 is 0 Å². The summed E-state index contributed by atoms with van der Waals surface area (Å²) >= 11 is 9.37. The topological polar surface area (TPSA) is 29.1 Å². The Balaban J connectivity index is 2.03. The molecule has 0 heterocycles. The fraction of sp³-hybridized carbons (Fsp3) is 0.500. The third-order valence-electron chi connectivity index (χ3n) is 3.41. The number of carbonyl (C=O) groups excluding carboxylic acids is 1. The number of anilines is 1. The fourth-order valence-electron chi connectivity index (χ4n) is 2.37. The number of benzene rings is 1. The van der Waals surface area contributed by atoms with Crippen molar-refractivity contribution < 1.29 is 4.79 Å². The molecule has 4 heteroatoms. The second-order valence-electron chi connectivity index (χ2n) is 4.80. The molecule has 0 atom stereocenters. The Kier molecular flexibility index (Phi) is 5.07. The SMILES string of the molecule is O=C(Nc1cc(Cl)ccc1Br)C1CCCCCC1. The molecular formula is C14H17BrClNO. The summed E-state index contributed by atoms with van der Waals surface area (Å²) in [6.45, 7) is 0. The van der Waals surface area contributed by atoms with E-state index in [9.17, 15) is 4.79 Å². The van der Waals surface area contributed by atoms with Crippen LogP contribution in [-0.2, 0) is 4.79 Å². The lowest BCUT2D eigenvalue weighted by atomic mass is 9.99. The van der Waals surface area contributed by atoms with Gasteiger partial charge in [0, 0.05) is 15.4 Å². The number of rotatable bonds is 2. The summed E-state index contributed by atoms with van der Waals surface area (Å²) < 4.78 is 0.869. The molecule has 18 heavy (non-hydrogen) atoms. The Morgan fingerprint density at radius 3 is 2.56 bits per heavy atom. The standard InChI is InChI=1S/C14H17BrClNO/c15-12-8-7-11(16)9-13(12)17-14(18)10-5-3-1-2-4-6-10/h7-10H,1-6H2,(H,17,18). The van der Waals surface area contributed by atoms with Crippen molar-refractivity contribution in [2.45, 2.75) is 38.5 Å². The lowest BCUT2D eigenvalue weighted by Crippen LogP contribution is -2.22. The van der Waals surface area contributed by atoms with E-state index in [1.807, 2.05) is 6.07 Å². The Labute approximate surface area is 121 Å². The van der Waals surface area contributed by atoms with Crippen LogP contribution in [0.5, 0.6) is 0 Å². The van der Waals surface area contributed by atoms with Crippen LogP contribution in [0.2, 0.25) is 5.02 Å². The lowest BCUT2D eigenvalue weighted by molar-refractivity contribution is -0.120. The van der Waals surface area contributed by atoms with Crippen LogP contribution >= 0.6 is 27.5 Å². The van der Waals surface area contributed by atoms with Crippen molar-refractivity contribution in [1.29, 1.82) is 0 Å². The van der Waals surface area contributed by atoms with E-state index >= 15 is 0 Å². The molecule has 1 aliphatic carbocycles. The predicted octanol–water partition coefficient (Wildman–Crippen LogP) is 5.01. The van der Waals surface area contributed by atoms with E-state index in [2.05, 4.69) is 21.2 Å². The number of amides is 1. The summed E-state index contributed by atoms with van der Waals surface area (Å²) in [5, 5.41) is 3.61. The predicted molar refractivity (Wildman–Crippen MR) is 79.0 cm³/mol. The van der Waals surface area contributed by atoms with Gasteiger partial charge in [-0.05, 0) is 47.0 Å². The molecule has 0 aromatic heterocycles. The summed E-state index contributed by atoms with van der Waals surface area (Å²) in [4.78, 5) is 12.2. The maximum atomic E-state index is 12.2. The Morgan fingerprint density at radius 2 is 1.89 bits per heavy atom. The quantitative estimate of drug-likeness (QED) is 0.759. The first kappa shape index (κ1) is 13.9. The van der Waals surface area contributed by atoms with Gasteiger partial charge in [0.25, 0.3) is 0 Å². The summed E-state index contributed by atoms with van der Waals surface area (Å²) in [6.07, 6.45) is 6.84. The van der Waals surface area contributed by atoms with E-state index in [0.29, 0.717) is 5.02 Å². The maximum Gasteiger partial charge on any atom is 0.227 e. The maximum absolute atomic E-state index is 12.2. The third kappa shape index (κ3) is 3.72. The number of halogens is 2. The minimum absolute atomic E-state index is 0.125. The van der Waals surface area contributed by atoms with Crippen LogP contribution in [0.4, 0.5) is 5.69 Å². The van der Waals surface area contributed by atoms with Gasteiger partial charge in [0.05, 0.1) is 5.69 Å². The van der Waals surface area contributed by atoms with E-state index in [-0.39, 0.29) is 11.8 Å². The van der Waals surface area contributed by atoms with Gasteiger partial charge in [0.1, 0.15) is 0 Å². The van der Waals surface area contributed by atoms with Gasteiger partial charge in [0.15, 0.2) is 0 Å². The van der Waals surface area contributed by atoms with Crippen LogP contribution in [0.25, 0.3) is 0 Å². The van der Waals surface area contributed by atoms with Crippen LogP contribution in [-0.4, -0.2) is 5.91 Å². The zero-order chi connectivity index (χ0) is 13.0. The highest BCUT2D eigenvalue weighted by Gasteiger charge is 2.20. The first-order chi connectivity index (χ1) is 8.66. The van der Waals surface area contributed by atoms with Crippen molar-refractivity contribution in [3.63, 3.8) is 0 Å². The van der Waals surface area contributed by atoms with Gasteiger partial charge >= 0.3 is 0 Å². The zero-order valence-electron chi connectivity index (χ0n) is 10.2. The molecule has 0 aliphatic heterocycles. The van der Waals surface area contributed by atoms with E-state index in [4.69, 9.17) is 11.6 Å². The molecule has 1 fully saturated rings. The normalized spacial score (nSPS) is 17.2. The van der Waals surface area contributed by atoms with E-state index in [1.165, 1.54) is 12.8 Å². The molecule has 98 valence electrons. The number of hydrogen-bond acceptors (Lipinski definition) is 1. The number of hydrogen-bond donors (Lipinski definition) is 1. The second kappa shape index (κ2) is 6.58. The van der Waals surface area contributed by atoms with Crippen LogP contribution in [0.1, 0.15) is 38.5 Å². The monoisotopic (exact) mass is 329 g/mol. The van der Waals surface area contributed by atoms with Gasteiger partial charge in [-0.3, -0.25) is 4.79 Å². The molecule has 0 radical (unpaired) electrons. The first-order valence-corrected chi connectivity index (χ1v) is 7.60. The Bertz CT molecular complexity index is 428. The van der Waals surface area contributed by atoms with E-state index in [0.717, 1.165) is 35.8 Å². The molecule has 1 amide bonds. The van der Waals surface area contributed by atoms with Crippen molar-refractivity contribution in [2.24, 2.45) is 5.92 Å². The molecule has 2 rings (SSSR count). The fourth-order valence-corrected chi connectivity index (χ4v) is 2.89. The van der Waals surface area contributed by atoms with Crippen molar-refractivity contribution in [3.8, 4) is 0 Å². The zero-order valence-corrected chi connectivity index (χ0v) is 12.6. The molecule has 1 aliphatic rings. The summed E-state index contributed by atoms with van der Waals surface area (Å²) in [7, 11) is 0. The lowest BCUT2D eigenvalue weighted by Gasteiger charge is -2.15. The molecule has 1 N–H and O–H groups in total.